The van der Waals surface area contributed by atoms with Crippen LogP contribution in [0.1, 0.15) is 53.4 Å². The van der Waals surface area contributed by atoms with Gasteiger partial charge in [-0.3, -0.25) is 9.59 Å². The van der Waals surface area contributed by atoms with E-state index in [-0.39, 0.29) is 36.7 Å². The Hall–Kier alpha value is -1.79. The van der Waals surface area contributed by atoms with Crippen LogP contribution in [0.15, 0.2) is 0 Å². The van der Waals surface area contributed by atoms with Gasteiger partial charge < -0.3 is 20.2 Å². The summed E-state index contributed by atoms with van der Waals surface area (Å²) in [4.78, 5) is 39.2. The maximum atomic E-state index is 12.7. The molecular formula is C19H35N3O4. The number of carboxylic acids is 1. The normalized spacial score (nSPS) is 17.5. The molecule has 0 aromatic rings. The molecular weight excluding hydrogens is 334 g/mol. The number of piperidine rings is 1. The molecule has 1 rings (SSSR count). The van der Waals surface area contributed by atoms with Crippen LogP contribution in [-0.2, 0) is 9.59 Å². The standard InChI is InChI=1S/C19H35N3O4/c1-14(2)11-20-19(26)22-8-5-6-16(13-22)10-17(23)21(12-15(3)4)9-7-18(24)25/h14-16H,5-13H2,1-4H3,(H,20,26)(H,24,25). The topological polar surface area (TPSA) is 90.0 Å². The number of carboxylic acid groups (broad SMARTS) is 1. The number of likely N-dealkylation sites (tertiary alicyclic amines) is 1. The number of aliphatic carboxylic acids is 1. The number of rotatable bonds is 9. The van der Waals surface area contributed by atoms with Crippen molar-refractivity contribution < 1.29 is 19.5 Å². The number of amides is 3. The Bertz CT molecular complexity index is 479. The van der Waals surface area contributed by atoms with Crippen LogP contribution in [0.4, 0.5) is 4.79 Å². The second-order valence-electron chi connectivity index (χ2n) is 8.12. The Balaban J connectivity index is 2.56. The first-order chi connectivity index (χ1) is 12.2. The number of hydrogen-bond donors (Lipinski definition) is 2. The number of hydrogen-bond acceptors (Lipinski definition) is 3. The summed E-state index contributed by atoms with van der Waals surface area (Å²) in [7, 11) is 0. The van der Waals surface area contributed by atoms with Crippen LogP contribution in [0.5, 0.6) is 0 Å². The molecule has 1 heterocycles. The molecule has 26 heavy (non-hydrogen) atoms. The van der Waals surface area contributed by atoms with Gasteiger partial charge in [0.2, 0.25) is 5.91 Å². The number of carbonyl (C=O) groups is 3. The molecule has 1 saturated heterocycles. The Morgan fingerprint density at radius 2 is 1.88 bits per heavy atom. The van der Waals surface area contributed by atoms with Gasteiger partial charge in [-0.1, -0.05) is 27.7 Å². The van der Waals surface area contributed by atoms with Gasteiger partial charge in [0.1, 0.15) is 0 Å². The second-order valence-corrected chi connectivity index (χ2v) is 8.12. The minimum Gasteiger partial charge on any atom is -0.481 e. The average Bonchev–Trinajstić information content (AvgIpc) is 2.56. The fraction of sp³-hybridized carbons (Fsp3) is 0.842. The first-order valence-corrected chi connectivity index (χ1v) is 9.71. The highest BCUT2D eigenvalue weighted by molar-refractivity contribution is 5.78. The van der Waals surface area contributed by atoms with Gasteiger partial charge in [0.25, 0.3) is 0 Å². The second kappa shape index (κ2) is 11.0. The van der Waals surface area contributed by atoms with Crippen LogP contribution < -0.4 is 5.32 Å². The minimum absolute atomic E-state index is 0.00520. The van der Waals surface area contributed by atoms with E-state index in [0.717, 1.165) is 19.4 Å². The molecule has 1 aliphatic heterocycles. The monoisotopic (exact) mass is 369 g/mol. The summed E-state index contributed by atoms with van der Waals surface area (Å²) in [5.41, 5.74) is 0. The van der Waals surface area contributed by atoms with E-state index >= 15 is 0 Å². The number of urea groups is 1. The van der Waals surface area contributed by atoms with E-state index in [1.807, 2.05) is 13.8 Å². The zero-order valence-corrected chi connectivity index (χ0v) is 16.7. The van der Waals surface area contributed by atoms with Crippen LogP contribution in [-0.4, -0.2) is 65.5 Å². The highest BCUT2D eigenvalue weighted by Crippen LogP contribution is 2.21. The maximum absolute atomic E-state index is 12.7. The van der Waals surface area contributed by atoms with Crippen molar-refractivity contribution in [3.8, 4) is 0 Å². The summed E-state index contributed by atoms with van der Waals surface area (Å²) in [6.07, 6.45) is 2.16. The molecule has 0 aromatic carbocycles. The van der Waals surface area contributed by atoms with E-state index in [0.29, 0.717) is 32.0 Å². The third kappa shape index (κ3) is 8.54. The van der Waals surface area contributed by atoms with E-state index in [1.54, 1.807) is 9.80 Å². The Morgan fingerprint density at radius 3 is 2.46 bits per heavy atom. The van der Waals surface area contributed by atoms with Gasteiger partial charge >= 0.3 is 12.0 Å². The summed E-state index contributed by atoms with van der Waals surface area (Å²) in [5.74, 6) is -0.0653. The lowest BCUT2D eigenvalue weighted by Crippen LogP contribution is -2.47. The van der Waals surface area contributed by atoms with E-state index in [9.17, 15) is 14.4 Å². The van der Waals surface area contributed by atoms with Crippen LogP contribution in [0.3, 0.4) is 0 Å². The van der Waals surface area contributed by atoms with Crippen molar-refractivity contribution in [1.82, 2.24) is 15.1 Å². The minimum atomic E-state index is -0.891. The Labute approximate surface area is 157 Å². The molecule has 7 nitrogen and oxygen atoms in total. The summed E-state index contributed by atoms with van der Waals surface area (Å²) in [6, 6.07) is -0.0548. The molecule has 1 fully saturated rings. The molecule has 0 aliphatic carbocycles. The average molecular weight is 370 g/mol. The van der Waals surface area contributed by atoms with Crippen molar-refractivity contribution in [2.24, 2.45) is 17.8 Å². The van der Waals surface area contributed by atoms with E-state index in [4.69, 9.17) is 5.11 Å². The molecule has 0 spiro atoms. The highest BCUT2D eigenvalue weighted by Gasteiger charge is 2.27. The molecule has 1 aliphatic rings. The van der Waals surface area contributed by atoms with E-state index < -0.39 is 5.97 Å². The van der Waals surface area contributed by atoms with Crippen molar-refractivity contribution in [2.45, 2.75) is 53.4 Å². The predicted molar refractivity (Wildman–Crippen MR) is 101 cm³/mol. The quantitative estimate of drug-likeness (QED) is 0.653. The first kappa shape index (κ1) is 22.3. The number of carbonyl (C=O) groups excluding carboxylic acids is 2. The Morgan fingerprint density at radius 1 is 1.19 bits per heavy atom. The van der Waals surface area contributed by atoms with Gasteiger partial charge in [0.05, 0.1) is 6.42 Å². The van der Waals surface area contributed by atoms with Crippen LogP contribution in [0.2, 0.25) is 0 Å². The Kier molecular flexibility index (Phi) is 9.44. The van der Waals surface area contributed by atoms with Crippen LogP contribution in [0, 0.1) is 17.8 Å². The lowest BCUT2D eigenvalue weighted by atomic mass is 9.94. The predicted octanol–water partition coefficient (Wildman–Crippen LogP) is 2.41. The van der Waals surface area contributed by atoms with Crippen LogP contribution in [0.25, 0.3) is 0 Å². The molecule has 7 heteroatoms. The summed E-state index contributed by atoms with van der Waals surface area (Å²) in [6.45, 7) is 10.9. The molecule has 1 atom stereocenters. The molecule has 0 saturated carbocycles. The molecule has 3 amide bonds. The summed E-state index contributed by atoms with van der Waals surface area (Å²) >= 11 is 0. The molecule has 0 aromatic heterocycles. The van der Waals surface area contributed by atoms with Crippen molar-refractivity contribution in [3.63, 3.8) is 0 Å². The number of nitrogens with zero attached hydrogens (tertiary/aromatic N) is 2. The summed E-state index contributed by atoms with van der Waals surface area (Å²) < 4.78 is 0. The molecule has 0 radical (unpaired) electrons. The van der Waals surface area contributed by atoms with Crippen molar-refractivity contribution in [3.05, 3.63) is 0 Å². The number of nitrogens with one attached hydrogen (secondary N) is 1. The van der Waals surface area contributed by atoms with Gasteiger partial charge in [-0.2, -0.15) is 0 Å². The fourth-order valence-corrected chi connectivity index (χ4v) is 3.18. The van der Waals surface area contributed by atoms with E-state index in [1.165, 1.54) is 0 Å². The van der Waals surface area contributed by atoms with Crippen molar-refractivity contribution in [2.75, 3.05) is 32.7 Å². The molecule has 1 unspecified atom stereocenters. The molecule has 150 valence electrons. The van der Waals surface area contributed by atoms with E-state index in [2.05, 4.69) is 19.2 Å². The zero-order valence-electron chi connectivity index (χ0n) is 16.7. The summed E-state index contributed by atoms with van der Waals surface area (Å²) in [5, 5.41) is 11.8. The van der Waals surface area contributed by atoms with Gasteiger partial charge in [-0.15, -0.1) is 0 Å². The third-order valence-electron chi connectivity index (χ3n) is 4.46. The first-order valence-electron chi connectivity index (χ1n) is 9.71. The maximum Gasteiger partial charge on any atom is 0.317 e. The SMILES string of the molecule is CC(C)CNC(=O)N1CCCC(CC(=O)N(CCC(=O)O)CC(C)C)C1. The highest BCUT2D eigenvalue weighted by atomic mass is 16.4. The third-order valence-corrected chi connectivity index (χ3v) is 4.46. The van der Waals surface area contributed by atoms with Gasteiger partial charge in [0, 0.05) is 39.1 Å². The molecule has 0 bridgehead atoms. The smallest absolute Gasteiger partial charge is 0.317 e. The van der Waals surface area contributed by atoms with Gasteiger partial charge in [-0.05, 0) is 30.6 Å². The lowest BCUT2D eigenvalue weighted by molar-refractivity contribution is -0.139. The largest absolute Gasteiger partial charge is 0.481 e. The van der Waals surface area contributed by atoms with Gasteiger partial charge in [-0.25, -0.2) is 4.79 Å². The van der Waals surface area contributed by atoms with Crippen molar-refractivity contribution in [1.29, 1.82) is 0 Å². The fourth-order valence-electron chi connectivity index (χ4n) is 3.18. The van der Waals surface area contributed by atoms with Crippen LogP contribution >= 0.6 is 0 Å². The molecule has 2 N–H and O–H groups in total. The van der Waals surface area contributed by atoms with Gasteiger partial charge in [0.15, 0.2) is 0 Å². The van der Waals surface area contributed by atoms with Crippen molar-refractivity contribution >= 4 is 17.9 Å². The lowest BCUT2D eigenvalue weighted by Gasteiger charge is -2.34. The zero-order chi connectivity index (χ0) is 19.7.